The molecule has 0 spiro atoms. The highest BCUT2D eigenvalue weighted by Gasteiger charge is 2.25. The van der Waals surface area contributed by atoms with Crippen molar-refractivity contribution in [3.8, 4) is 22.9 Å². The zero-order valence-electron chi connectivity index (χ0n) is 26.7. The lowest BCUT2D eigenvalue weighted by atomic mass is 9.91. The van der Waals surface area contributed by atoms with Gasteiger partial charge in [0.2, 0.25) is 0 Å². The van der Waals surface area contributed by atoms with Crippen molar-refractivity contribution in [1.29, 1.82) is 0 Å². The summed E-state index contributed by atoms with van der Waals surface area (Å²) in [5.41, 5.74) is 13.2. The number of carboxylic acids is 1. The second-order valence-corrected chi connectivity index (χ2v) is 12.3. The minimum absolute atomic E-state index is 0.00274. The van der Waals surface area contributed by atoms with Crippen LogP contribution in [0.3, 0.4) is 0 Å². The van der Waals surface area contributed by atoms with Crippen LogP contribution in [0, 0.1) is 11.6 Å². The topological polar surface area (TPSA) is 138 Å². The summed E-state index contributed by atoms with van der Waals surface area (Å²) >= 11 is 0. The van der Waals surface area contributed by atoms with Crippen LogP contribution in [0.1, 0.15) is 56.7 Å². The van der Waals surface area contributed by atoms with Crippen molar-refractivity contribution in [2.75, 3.05) is 6.61 Å². The van der Waals surface area contributed by atoms with E-state index in [2.05, 4.69) is 26.0 Å². The highest BCUT2D eigenvalue weighted by Crippen LogP contribution is 2.37. The summed E-state index contributed by atoms with van der Waals surface area (Å²) in [7, 11) is 0. The van der Waals surface area contributed by atoms with Gasteiger partial charge in [0.05, 0.1) is 11.3 Å². The molecule has 1 aliphatic carbocycles. The molecule has 6 N–H and O–H groups in total. The number of rotatable bonds is 4. The lowest BCUT2D eigenvalue weighted by Gasteiger charge is -2.26. The number of hydrogen-bond donors (Lipinski definition) is 5. The van der Waals surface area contributed by atoms with Gasteiger partial charge in [0.1, 0.15) is 23.0 Å². The molecule has 4 bridgehead atoms. The molecular weight excluding hydrogens is 616 g/mol. The number of fused-ring (bicyclic) bond motifs is 8. The Kier molecular flexibility index (Phi) is 9.34. The predicted octanol–water partition coefficient (Wildman–Crippen LogP) is 7.63. The number of H-pyrrole nitrogens is 2. The summed E-state index contributed by atoms with van der Waals surface area (Å²) in [4.78, 5) is 22.0. The van der Waals surface area contributed by atoms with Crippen LogP contribution >= 0.6 is 0 Å². The number of ether oxygens (including phenoxy) is 2. The van der Waals surface area contributed by atoms with Crippen LogP contribution in [-0.4, -0.2) is 38.2 Å². The number of nitrogens with one attached hydrogen (secondary N) is 3. The van der Waals surface area contributed by atoms with Gasteiger partial charge in [-0.1, -0.05) is 18.2 Å². The lowest BCUT2D eigenvalue weighted by Crippen LogP contribution is -2.33. The average molecular weight is 654 g/mol. The largest absolute Gasteiger partial charge is 0.481 e. The van der Waals surface area contributed by atoms with E-state index in [4.69, 9.17) is 20.3 Å². The monoisotopic (exact) mass is 653 g/mol. The Hall–Kier alpha value is -5.38. The van der Waals surface area contributed by atoms with E-state index in [1.54, 1.807) is 24.7 Å². The average Bonchev–Trinajstić information content (AvgIpc) is 3.66. The minimum atomic E-state index is -0.866. The highest BCUT2D eigenvalue weighted by atomic mass is 19.1. The molecule has 2 aliphatic rings. The molecule has 3 heterocycles. The summed E-state index contributed by atoms with van der Waals surface area (Å²) in [5.74, 6) is -1.67. The van der Waals surface area contributed by atoms with Gasteiger partial charge in [0.15, 0.2) is 11.6 Å². The second-order valence-electron chi connectivity index (χ2n) is 12.3. The van der Waals surface area contributed by atoms with E-state index in [1.165, 1.54) is 24.3 Å². The number of benzene rings is 2. The molecular formula is C37H37F2N5O4. The number of aromatic amines is 2. The number of carboxylic acid groups (broad SMARTS) is 1. The van der Waals surface area contributed by atoms with Gasteiger partial charge in [-0.25, -0.2) is 13.8 Å². The van der Waals surface area contributed by atoms with E-state index in [-0.39, 0.29) is 41.8 Å². The second kappa shape index (κ2) is 13.8. The molecule has 11 heteroatoms. The summed E-state index contributed by atoms with van der Waals surface area (Å²) in [5, 5.41) is 13.1. The van der Waals surface area contributed by atoms with Crippen molar-refractivity contribution in [1.82, 2.24) is 20.3 Å². The minimum Gasteiger partial charge on any atom is -0.481 e. The van der Waals surface area contributed by atoms with Gasteiger partial charge in [-0.2, -0.15) is 0 Å². The molecule has 2 aromatic carbocycles. The van der Waals surface area contributed by atoms with Crippen molar-refractivity contribution >= 4 is 16.9 Å². The maximum absolute atomic E-state index is 15.6. The molecule has 0 fully saturated rings. The van der Waals surface area contributed by atoms with E-state index >= 15 is 8.78 Å². The fraction of sp³-hybridized carbons (Fsp3) is 0.270. The fourth-order valence-electron chi connectivity index (χ4n) is 5.81. The molecule has 0 saturated carbocycles. The number of halogens is 2. The van der Waals surface area contributed by atoms with Gasteiger partial charge in [0.25, 0.3) is 0 Å². The Morgan fingerprint density at radius 1 is 1.21 bits per heavy atom. The first kappa shape index (κ1) is 32.6. The van der Waals surface area contributed by atoms with Crippen LogP contribution in [0.5, 0.6) is 11.5 Å². The van der Waals surface area contributed by atoms with Gasteiger partial charge < -0.3 is 35.6 Å². The molecule has 6 rings (SSSR count). The first-order valence-electron chi connectivity index (χ1n) is 15.8. The van der Waals surface area contributed by atoms with E-state index in [9.17, 15) is 4.79 Å². The smallest absolute Gasteiger partial charge is 0.303 e. The third-order valence-corrected chi connectivity index (χ3v) is 8.59. The molecule has 1 unspecified atom stereocenters. The predicted molar refractivity (Wildman–Crippen MR) is 179 cm³/mol. The molecule has 1 aliphatic heterocycles. The van der Waals surface area contributed by atoms with Crippen LogP contribution in [-0.2, 0) is 16.1 Å². The highest BCUT2D eigenvalue weighted by molar-refractivity contribution is 5.85. The van der Waals surface area contributed by atoms with Gasteiger partial charge in [-0.15, -0.1) is 5.73 Å². The molecule has 2 aromatic heterocycles. The normalized spacial score (nSPS) is 19.2. The van der Waals surface area contributed by atoms with Crippen molar-refractivity contribution < 1.29 is 28.2 Å². The Morgan fingerprint density at radius 3 is 2.90 bits per heavy atom. The number of imidazole rings is 1. The summed E-state index contributed by atoms with van der Waals surface area (Å²) in [6.45, 7) is 4.35. The summed E-state index contributed by atoms with van der Waals surface area (Å²) in [6, 6.07) is 7.42. The van der Waals surface area contributed by atoms with Crippen molar-refractivity contribution in [2.45, 2.75) is 57.6 Å². The van der Waals surface area contributed by atoms with Crippen LogP contribution in [0.25, 0.3) is 22.3 Å². The van der Waals surface area contributed by atoms with Crippen molar-refractivity contribution in [2.24, 2.45) is 5.73 Å². The van der Waals surface area contributed by atoms with Crippen LogP contribution in [0.15, 0.2) is 95.8 Å². The molecule has 248 valence electrons. The Morgan fingerprint density at radius 2 is 2.06 bits per heavy atom. The van der Waals surface area contributed by atoms with Gasteiger partial charge in [0, 0.05) is 77.9 Å². The lowest BCUT2D eigenvalue weighted by molar-refractivity contribution is -0.136. The quantitative estimate of drug-likeness (QED) is 0.143. The number of aliphatic carboxylic acids is 1. The van der Waals surface area contributed by atoms with Crippen LogP contribution in [0.4, 0.5) is 8.78 Å². The van der Waals surface area contributed by atoms with Crippen LogP contribution in [0.2, 0.25) is 0 Å². The first-order valence-corrected chi connectivity index (χ1v) is 15.8. The zero-order chi connectivity index (χ0) is 33.8. The Labute approximate surface area is 276 Å². The Bertz CT molecular complexity index is 2010. The molecule has 9 nitrogen and oxygen atoms in total. The van der Waals surface area contributed by atoms with E-state index < -0.39 is 23.2 Å². The molecule has 48 heavy (non-hydrogen) atoms. The number of carbonyl (C=O) groups is 1. The number of aromatic nitrogens is 3. The van der Waals surface area contributed by atoms with Gasteiger partial charge in [-0.3, -0.25) is 4.79 Å². The SMILES string of the molecule is CC1(C)OCCCC(C2=C=CC(CCC(=O)O)=CC=C2)c2cnc([nH]2)-c2cc(ccc2F)Oc2c(F)cc3[nH]ccc3c2CN/C=C/1N. The molecule has 0 radical (unpaired) electrons. The van der Waals surface area contributed by atoms with E-state index in [0.29, 0.717) is 42.6 Å². The van der Waals surface area contributed by atoms with Crippen molar-refractivity contribution in [3.63, 3.8) is 0 Å². The Balaban J connectivity index is 1.41. The van der Waals surface area contributed by atoms with E-state index in [1.807, 2.05) is 38.1 Å². The van der Waals surface area contributed by atoms with E-state index in [0.717, 1.165) is 22.2 Å². The van der Waals surface area contributed by atoms with Gasteiger partial charge >= 0.3 is 5.97 Å². The third-order valence-electron chi connectivity index (χ3n) is 8.59. The standard InChI is InChI=1S/C37H37F2N5O4/c1-37(2)33(40)21-41-19-28-26-14-15-42-31(26)18-30(39)35(28)48-24-11-12-29(38)27(17-24)36-43-20-32(44-36)25(7-4-16-47-37)23-6-3-5-22(8-10-23)9-13-34(45)46/h3,5-6,8,11-12,14-15,17-18,20-21,25,41-42H,4,7,9,13,16,19,40H2,1-2H3,(H,43,44)(H,45,46)/b33-21-. The third kappa shape index (κ3) is 7.12. The van der Waals surface area contributed by atoms with Gasteiger partial charge in [-0.05, 0) is 69.0 Å². The maximum atomic E-state index is 15.6. The fourth-order valence-corrected chi connectivity index (χ4v) is 5.81. The number of nitrogens with zero attached hydrogens (tertiary/aromatic N) is 1. The molecule has 4 aromatic rings. The number of hydrogen-bond acceptors (Lipinski definition) is 6. The molecule has 0 amide bonds. The summed E-state index contributed by atoms with van der Waals surface area (Å²) in [6.07, 6.45) is 14.2. The first-order chi connectivity index (χ1) is 23.1. The maximum Gasteiger partial charge on any atom is 0.303 e. The molecule has 0 saturated heterocycles. The zero-order valence-corrected chi connectivity index (χ0v) is 26.7. The summed E-state index contributed by atoms with van der Waals surface area (Å²) < 4.78 is 43.3. The number of allylic oxidation sites excluding steroid dienone is 5. The van der Waals surface area contributed by atoms with Crippen molar-refractivity contribution in [3.05, 3.63) is 119 Å². The number of nitrogens with two attached hydrogens (primary N) is 1. The van der Waals surface area contributed by atoms with Crippen LogP contribution < -0.4 is 15.8 Å². The molecule has 1 atom stereocenters.